The topological polar surface area (TPSA) is 59.8 Å². The summed E-state index contributed by atoms with van der Waals surface area (Å²) in [7, 11) is 0. The van der Waals surface area contributed by atoms with E-state index in [0.29, 0.717) is 25.4 Å². The fourth-order valence-electron chi connectivity index (χ4n) is 3.16. The maximum atomic E-state index is 12.1. The Bertz CT molecular complexity index is 861. The number of para-hydroxylation sites is 1. The van der Waals surface area contributed by atoms with E-state index >= 15 is 0 Å². The highest BCUT2D eigenvalue weighted by Crippen LogP contribution is 2.36. The van der Waals surface area contributed by atoms with Gasteiger partial charge in [-0.1, -0.05) is 12.1 Å². The largest absolute Gasteiger partial charge is 0.356 e. The Morgan fingerprint density at radius 1 is 1.32 bits per heavy atom. The molecule has 1 aromatic carbocycles. The third-order valence-corrected chi connectivity index (χ3v) is 5.64. The van der Waals surface area contributed by atoms with Crippen LogP contribution in [0.4, 0.5) is 0 Å². The Labute approximate surface area is 151 Å². The number of hydrogen-bond donors (Lipinski definition) is 1. The average Bonchev–Trinajstić information content (AvgIpc) is 3.24. The number of benzene rings is 1. The zero-order valence-corrected chi connectivity index (χ0v) is 15.2. The number of carbonyl (C=O) groups is 1. The molecule has 0 radical (unpaired) electrons. The zero-order chi connectivity index (χ0) is 17.2. The van der Waals surface area contributed by atoms with E-state index in [2.05, 4.69) is 32.8 Å². The number of hydrogen-bond acceptors (Lipinski definition) is 4. The van der Waals surface area contributed by atoms with Crippen molar-refractivity contribution in [2.75, 3.05) is 6.54 Å². The van der Waals surface area contributed by atoms with Crippen LogP contribution in [-0.4, -0.2) is 27.0 Å². The van der Waals surface area contributed by atoms with Crippen molar-refractivity contribution < 1.29 is 4.79 Å². The second-order valence-corrected chi connectivity index (χ2v) is 7.71. The van der Waals surface area contributed by atoms with Crippen LogP contribution in [0.1, 0.15) is 41.8 Å². The highest BCUT2D eigenvalue weighted by Gasteiger charge is 2.26. The molecule has 1 saturated carbocycles. The van der Waals surface area contributed by atoms with Crippen LogP contribution in [0.3, 0.4) is 0 Å². The van der Waals surface area contributed by atoms with Gasteiger partial charge in [0.15, 0.2) is 0 Å². The Hall–Kier alpha value is -2.21. The van der Waals surface area contributed by atoms with Gasteiger partial charge in [0.1, 0.15) is 5.82 Å². The molecule has 0 bridgehead atoms. The average molecular weight is 354 g/mol. The number of rotatable bonds is 7. The Morgan fingerprint density at radius 2 is 2.16 bits per heavy atom. The summed E-state index contributed by atoms with van der Waals surface area (Å²) in [6.07, 6.45) is 6.40. The van der Waals surface area contributed by atoms with E-state index in [-0.39, 0.29) is 5.91 Å². The quantitative estimate of drug-likeness (QED) is 0.707. The van der Waals surface area contributed by atoms with Gasteiger partial charge in [-0.15, -0.1) is 11.3 Å². The number of nitrogens with one attached hydrogen (secondary N) is 1. The van der Waals surface area contributed by atoms with Crippen LogP contribution < -0.4 is 5.32 Å². The minimum Gasteiger partial charge on any atom is -0.356 e. The van der Waals surface area contributed by atoms with Gasteiger partial charge in [-0.3, -0.25) is 4.79 Å². The van der Waals surface area contributed by atoms with Crippen molar-refractivity contribution >= 4 is 27.5 Å². The molecule has 0 spiro atoms. The molecule has 130 valence electrons. The third kappa shape index (κ3) is 3.74. The molecule has 1 aliphatic rings. The van der Waals surface area contributed by atoms with Crippen LogP contribution in [0.5, 0.6) is 0 Å². The van der Waals surface area contributed by atoms with Gasteiger partial charge in [-0.05, 0) is 31.9 Å². The first-order valence-corrected chi connectivity index (χ1v) is 9.66. The van der Waals surface area contributed by atoms with Crippen LogP contribution in [0.15, 0.2) is 30.5 Å². The van der Waals surface area contributed by atoms with Crippen LogP contribution in [0.2, 0.25) is 0 Å². The Kier molecular flexibility index (Phi) is 4.53. The van der Waals surface area contributed by atoms with E-state index in [1.807, 2.05) is 24.4 Å². The number of carbonyl (C=O) groups excluding carboxylic acids is 1. The molecule has 25 heavy (non-hydrogen) atoms. The lowest BCUT2D eigenvalue weighted by Crippen LogP contribution is -2.26. The summed E-state index contributed by atoms with van der Waals surface area (Å²) in [5.41, 5.74) is 2.24. The molecule has 6 heteroatoms. The molecule has 1 amide bonds. The van der Waals surface area contributed by atoms with Crippen molar-refractivity contribution in [3.05, 3.63) is 47.0 Å². The van der Waals surface area contributed by atoms with Gasteiger partial charge < -0.3 is 9.88 Å². The van der Waals surface area contributed by atoms with Crippen LogP contribution >= 0.6 is 11.3 Å². The second kappa shape index (κ2) is 6.96. The normalized spacial score (nSPS) is 14.1. The highest BCUT2D eigenvalue weighted by atomic mass is 32.1. The summed E-state index contributed by atoms with van der Waals surface area (Å²) in [6.45, 7) is 2.74. The number of amides is 1. The maximum Gasteiger partial charge on any atom is 0.220 e. The molecule has 3 aromatic rings. The molecule has 2 aromatic heterocycles. The molecule has 0 saturated heterocycles. The summed E-state index contributed by atoms with van der Waals surface area (Å²) >= 11 is 1.67. The molecule has 2 heterocycles. The number of nitrogens with zero attached hydrogens (tertiary/aromatic N) is 3. The molecule has 0 unspecified atom stereocenters. The van der Waals surface area contributed by atoms with E-state index in [1.54, 1.807) is 11.3 Å². The standard InChI is InChI=1S/C19H22N4OS/c1-13-12-21-17(23(13)14-6-7-14)10-11-20-18(24)8-9-19-22-15-4-2-3-5-16(15)25-19/h2-5,12,14H,6-11H2,1H3,(H,20,24). The first-order chi connectivity index (χ1) is 12.2. The summed E-state index contributed by atoms with van der Waals surface area (Å²) in [5.74, 6) is 1.17. The SMILES string of the molecule is Cc1cnc(CCNC(=O)CCc2nc3ccccc3s2)n1C1CC1. The first-order valence-electron chi connectivity index (χ1n) is 8.84. The third-order valence-electron chi connectivity index (χ3n) is 4.55. The molecular weight excluding hydrogens is 332 g/mol. The molecule has 5 nitrogen and oxygen atoms in total. The fraction of sp³-hybridized carbons (Fsp3) is 0.421. The lowest BCUT2D eigenvalue weighted by Gasteiger charge is -2.09. The van der Waals surface area contributed by atoms with Crippen molar-refractivity contribution in [2.45, 2.75) is 45.1 Å². The number of fused-ring (bicyclic) bond motifs is 1. The van der Waals surface area contributed by atoms with Gasteiger partial charge in [-0.2, -0.15) is 0 Å². The molecular formula is C19H22N4OS. The van der Waals surface area contributed by atoms with Crippen LogP contribution in [0.25, 0.3) is 10.2 Å². The second-order valence-electron chi connectivity index (χ2n) is 6.59. The van der Waals surface area contributed by atoms with E-state index in [1.165, 1.54) is 23.2 Å². The van der Waals surface area contributed by atoms with Crippen LogP contribution in [-0.2, 0) is 17.6 Å². The number of aryl methyl sites for hydroxylation is 2. The van der Waals surface area contributed by atoms with Crippen molar-refractivity contribution in [1.82, 2.24) is 19.9 Å². The van der Waals surface area contributed by atoms with Gasteiger partial charge in [0.05, 0.1) is 15.2 Å². The van der Waals surface area contributed by atoms with Gasteiger partial charge >= 0.3 is 0 Å². The molecule has 0 aliphatic heterocycles. The van der Waals surface area contributed by atoms with Crippen molar-refractivity contribution in [2.24, 2.45) is 0 Å². The van der Waals surface area contributed by atoms with E-state index in [9.17, 15) is 4.79 Å². The van der Waals surface area contributed by atoms with Gasteiger partial charge in [0.2, 0.25) is 5.91 Å². The zero-order valence-electron chi connectivity index (χ0n) is 14.4. The predicted octanol–water partition coefficient (Wildman–Crippen LogP) is 3.43. The smallest absolute Gasteiger partial charge is 0.220 e. The van der Waals surface area contributed by atoms with E-state index < -0.39 is 0 Å². The summed E-state index contributed by atoms with van der Waals surface area (Å²) in [6, 6.07) is 8.72. The lowest BCUT2D eigenvalue weighted by atomic mass is 10.3. The minimum absolute atomic E-state index is 0.0838. The van der Waals surface area contributed by atoms with E-state index in [0.717, 1.165) is 22.8 Å². The van der Waals surface area contributed by atoms with Crippen LogP contribution in [0, 0.1) is 6.92 Å². The van der Waals surface area contributed by atoms with Crippen molar-refractivity contribution in [3.8, 4) is 0 Å². The summed E-state index contributed by atoms with van der Waals surface area (Å²) < 4.78 is 3.51. The maximum absolute atomic E-state index is 12.1. The number of thiazole rings is 1. The minimum atomic E-state index is 0.0838. The van der Waals surface area contributed by atoms with Gasteiger partial charge in [0, 0.05) is 43.7 Å². The fourth-order valence-corrected chi connectivity index (χ4v) is 4.13. The molecule has 1 N–H and O–H groups in total. The summed E-state index contributed by atoms with van der Waals surface area (Å²) in [4.78, 5) is 21.2. The molecule has 0 atom stereocenters. The predicted molar refractivity (Wildman–Crippen MR) is 99.9 cm³/mol. The Morgan fingerprint density at radius 3 is 2.96 bits per heavy atom. The van der Waals surface area contributed by atoms with Gasteiger partial charge in [0.25, 0.3) is 0 Å². The molecule has 1 fully saturated rings. The monoisotopic (exact) mass is 354 g/mol. The molecule has 4 rings (SSSR count). The van der Waals surface area contributed by atoms with E-state index in [4.69, 9.17) is 0 Å². The van der Waals surface area contributed by atoms with Gasteiger partial charge in [-0.25, -0.2) is 9.97 Å². The molecule has 1 aliphatic carbocycles. The summed E-state index contributed by atoms with van der Waals surface area (Å²) in [5, 5.41) is 4.04. The van der Waals surface area contributed by atoms with Crippen molar-refractivity contribution in [1.29, 1.82) is 0 Å². The lowest BCUT2D eigenvalue weighted by molar-refractivity contribution is -0.121. The Balaban J connectivity index is 1.25. The first kappa shape index (κ1) is 16.3. The van der Waals surface area contributed by atoms with Crippen molar-refractivity contribution in [3.63, 3.8) is 0 Å². The number of imidazole rings is 1. The number of aromatic nitrogens is 3. The highest BCUT2D eigenvalue weighted by molar-refractivity contribution is 7.18.